The van der Waals surface area contributed by atoms with E-state index in [4.69, 9.17) is 0 Å². The second-order valence-electron chi connectivity index (χ2n) is 8.15. The maximum atomic E-state index is 12.2. The molecule has 1 aliphatic carbocycles. The Balaban J connectivity index is 1.45. The van der Waals surface area contributed by atoms with Gasteiger partial charge in [-0.05, 0) is 30.7 Å². The molecule has 2 aliphatic rings. The Morgan fingerprint density at radius 3 is 2.80 bits per heavy atom. The second-order valence-corrected chi connectivity index (χ2v) is 10.0. The fourth-order valence-electron chi connectivity index (χ4n) is 5.11. The van der Waals surface area contributed by atoms with Gasteiger partial charge in [-0.1, -0.05) is 0 Å². The van der Waals surface area contributed by atoms with E-state index in [0.717, 1.165) is 35.1 Å². The van der Waals surface area contributed by atoms with Gasteiger partial charge in [0.2, 0.25) is 0 Å². The summed E-state index contributed by atoms with van der Waals surface area (Å²) >= 11 is 0. The van der Waals surface area contributed by atoms with Crippen LogP contribution in [0.1, 0.15) is 19.3 Å². The summed E-state index contributed by atoms with van der Waals surface area (Å²) in [6.45, 7) is 0.954. The zero-order chi connectivity index (χ0) is 20.9. The van der Waals surface area contributed by atoms with Crippen molar-refractivity contribution in [3.8, 4) is 17.3 Å². The standard InChI is InChI=1S/C19H22N8O2S/c1-21-30(28,29)26-9-13-6-19(3-4-20,7-14(13)10-26)27-11-15(8-25-27)17-16-2-5-22-18(16)24-12-23-17/h2,5,8,11-14,21H,3,6-7,9-10H2,1H3,(H,22,23,24)/t13-,14+,19?. The summed E-state index contributed by atoms with van der Waals surface area (Å²) in [6.07, 6.45) is 8.87. The summed E-state index contributed by atoms with van der Waals surface area (Å²) in [4.78, 5) is 11.8. The summed E-state index contributed by atoms with van der Waals surface area (Å²) < 4.78 is 30.1. The Morgan fingerprint density at radius 1 is 1.33 bits per heavy atom. The van der Waals surface area contributed by atoms with Gasteiger partial charge in [-0.15, -0.1) is 0 Å². The highest BCUT2D eigenvalue weighted by molar-refractivity contribution is 7.87. The van der Waals surface area contributed by atoms with E-state index >= 15 is 0 Å². The lowest BCUT2D eigenvalue weighted by Gasteiger charge is -2.29. The first-order chi connectivity index (χ1) is 14.5. The fourth-order valence-corrected chi connectivity index (χ4v) is 6.14. The van der Waals surface area contributed by atoms with Gasteiger partial charge in [-0.25, -0.2) is 14.7 Å². The number of H-pyrrole nitrogens is 1. The normalized spacial score (nSPS) is 26.8. The number of aromatic amines is 1. The summed E-state index contributed by atoms with van der Waals surface area (Å²) in [7, 11) is -1.99. The van der Waals surface area contributed by atoms with Gasteiger partial charge in [-0.2, -0.15) is 23.1 Å². The van der Waals surface area contributed by atoms with Crippen LogP contribution in [0.4, 0.5) is 0 Å². The van der Waals surface area contributed by atoms with Gasteiger partial charge >= 0.3 is 0 Å². The number of hydrogen-bond acceptors (Lipinski definition) is 6. The summed E-state index contributed by atoms with van der Waals surface area (Å²) in [6, 6.07) is 4.26. The second kappa shape index (κ2) is 6.87. The Hall–Kier alpha value is -2.81. The van der Waals surface area contributed by atoms with Crippen molar-refractivity contribution in [2.45, 2.75) is 24.8 Å². The first-order valence-electron chi connectivity index (χ1n) is 9.85. The predicted octanol–water partition coefficient (Wildman–Crippen LogP) is 1.24. The molecule has 10 nitrogen and oxygen atoms in total. The molecular formula is C19H22N8O2S. The maximum absolute atomic E-state index is 12.2. The van der Waals surface area contributed by atoms with Crippen molar-refractivity contribution in [2.24, 2.45) is 11.8 Å². The Kier molecular flexibility index (Phi) is 4.39. The topological polar surface area (TPSA) is 133 Å². The number of aromatic nitrogens is 5. The molecule has 30 heavy (non-hydrogen) atoms. The maximum Gasteiger partial charge on any atom is 0.279 e. The van der Waals surface area contributed by atoms with Crippen LogP contribution in [0.3, 0.4) is 0 Å². The Labute approximate surface area is 174 Å². The van der Waals surface area contributed by atoms with E-state index in [1.165, 1.54) is 17.7 Å². The van der Waals surface area contributed by atoms with E-state index in [-0.39, 0.29) is 11.8 Å². The molecule has 0 spiro atoms. The fraction of sp³-hybridized carbons (Fsp3) is 0.474. The van der Waals surface area contributed by atoms with E-state index in [1.54, 1.807) is 6.20 Å². The first-order valence-corrected chi connectivity index (χ1v) is 11.3. The highest BCUT2D eigenvalue weighted by atomic mass is 32.2. The van der Waals surface area contributed by atoms with Crippen LogP contribution in [0.2, 0.25) is 0 Å². The number of nitriles is 1. The van der Waals surface area contributed by atoms with Crippen molar-refractivity contribution < 1.29 is 8.42 Å². The SMILES string of the molecule is CNS(=O)(=O)N1C[C@@H]2CC(CC#N)(n3cc(-c4ncnc5[nH]ccc45)cn3)C[C@@H]2C1. The minimum Gasteiger partial charge on any atom is -0.346 e. The molecule has 3 aromatic rings. The molecule has 3 atom stereocenters. The van der Waals surface area contributed by atoms with Crippen LogP contribution in [-0.4, -0.2) is 57.6 Å². The molecule has 2 fully saturated rings. The van der Waals surface area contributed by atoms with E-state index in [2.05, 4.69) is 30.8 Å². The molecule has 0 radical (unpaired) electrons. The number of fused-ring (bicyclic) bond motifs is 2. The van der Waals surface area contributed by atoms with Crippen LogP contribution in [0, 0.1) is 23.2 Å². The molecular weight excluding hydrogens is 404 g/mol. The van der Waals surface area contributed by atoms with Gasteiger partial charge in [0.15, 0.2) is 0 Å². The molecule has 156 valence electrons. The highest BCUT2D eigenvalue weighted by Crippen LogP contribution is 2.50. The lowest BCUT2D eigenvalue weighted by atomic mass is 9.92. The molecule has 11 heteroatoms. The summed E-state index contributed by atoms with van der Waals surface area (Å²) in [5, 5.41) is 15.1. The minimum absolute atomic E-state index is 0.213. The number of nitrogens with zero attached hydrogens (tertiary/aromatic N) is 6. The molecule has 5 rings (SSSR count). The van der Waals surface area contributed by atoms with Crippen molar-refractivity contribution in [1.29, 1.82) is 5.26 Å². The number of hydrogen-bond donors (Lipinski definition) is 2. The molecule has 1 unspecified atom stereocenters. The molecule has 0 amide bonds. The molecule has 2 N–H and O–H groups in total. The third-order valence-electron chi connectivity index (χ3n) is 6.53. The molecule has 0 bridgehead atoms. The zero-order valence-corrected chi connectivity index (χ0v) is 17.3. The number of nitrogens with one attached hydrogen (secondary N) is 2. The molecule has 1 aliphatic heterocycles. The predicted molar refractivity (Wildman–Crippen MR) is 109 cm³/mol. The third-order valence-corrected chi connectivity index (χ3v) is 8.02. The van der Waals surface area contributed by atoms with Crippen LogP contribution in [0.5, 0.6) is 0 Å². The molecule has 4 heterocycles. The Bertz CT molecular complexity index is 1230. The average Bonchev–Trinajstić information content (AvgIpc) is 3.49. The van der Waals surface area contributed by atoms with Gasteiger partial charge in [0.25, 0.3) is 10.2 Å². The van der Waals surface area contributed by atoms with E-state index < -0.39 is 15.7 Å². The first kappa shape index (κ1) is 19.2. The van der Waals surface area contributed by atoms with Gasteiger partial charge in [0, 0.05) is 43.5 Å². The van der Waals surface area contributed by atoms with Gasteiger partial charge < -0.3 is 4.98 Å². The van der Waals surface area contributed by atoms with E-state index in [1.807, 2.05) is 23.1 Å². The third kappa shape index (κ3) is 2.91. The smallest absolute Gasteiger partial charge is 0.279 e. The van der Waals surface area contributed by atoms with Crippen molar-refractivity contribution in [3.63, 3.8) is 0 Å². The molecule has 0 aromatic carbocycles. The summed E-state index contributed by atoms with van der Waals surface area (Å²) in [5.74, 6) is 0.425. The quantitative estimate of drug-likeness (QED) is 0.631. The highest BCUT2D eigenvalue weighted by Gasteiger charge is 2.52. The van der Waals surface area contributed by atoms with Crippen molar-refractivity contribution in [3.05, 3.63) is 31.0 Å². The van der Waals surface area contributed by atoms with Crippen molar-refractivity contribution in [2.75, 3.05) is 20.1 Å². The number of rotatable bonds is 5. The lowest BCUT2D eigenvalue weighted by molar-refractivity contribution is 0.240. The van der Waals surface area contributed by atoms with Crippen LogP contribution in [-0.2, 0) is 15.7 Å². The molecule has 1 saturated carbocycles. The van der Waals surface area contributed by atoms with E-state index in [0.29, 0.717) is 19.5 Å². The van der Waals surface area contributed by atoms with Gasteiger partial charge in [-0.3, -0.25) is 4.68 Å². The van der Waals surface area contributed by atoms with Crippen molar-refractivity contribution in [1.82, 2.24) is 33.8 Å². The van der Waals surface area contributed by atoms with Gasteiger partial charge in [0.1, 0.15) is 12.0 Å². The van der Waals surface area contributed by atoms with Gasteiger partial charge in [0.05, 0.1) is 29.9 Å². The molecule has 1 saturated heterocycles. The lowest BCUT2D eigenvalue weighted by Crippen LogP contribution is -2.40. The Morgan fingerprint density at radius 2 is 2.10 bits per heavy atom. The average molecular weight is 427 g/mol. The monoisotopic (exact) mass is 426 g/mol. The largest absolute Gasteiger partial charge is 0.346 e. The van der Waals surface area contributed by atoms with Crippen LogP contribution >= 0.6 is 0 Å². The van der Waals surface area contributed by atoms with Crippen molar-refractivity contribution >= 4 is 21.2 Å². The van der Waals surface area contributed by atoms with Crippen LogP contribution < -0.4 is 4.72 Å². The zero-order valence-electron chi connectivity index (χ0n) is 16.5. The van der Waals surface area contributed by atoms with E-state index in [9.17, 15) is 13.7 Å². The summed E-state index contributed by atoms with van der Waals surface area (Å²) in [5.41, 5.74) is 2.00. The van der Waals surface area contributed by atoms with Crippen LogP contribution in [0.15, 0.2) is 31.0 Å². The molecule has 3 aromatic heterocycles. The van der Waals surface area contributed by atoms with Crippen LogP contribution in [0.25, 0.3) is 22.3 Å². The minimum atomic E-state index is -3.42.